The van der Waals surface area contributed by atoms with Gasteiger partial charge in [-0.1, -0.05) is 344 Å². The average Bonchev–Trinajstić information content (AvgIpc) is 3.86. The molecule has 0 N–H and O–H groups in total. The third-order valence-corrected chi connectivity index (χ3v) is 34.4. The summed E-state index contributed by atoms with van der Waals surface area (Å²) >= 11 is 2.04. The van der Waals surface area contributed by atoms with Gasteiger partial charge in [0.05, 0.1) is 13.0 Å². The van der Waals surface area contributed by atoms with Crippen LogP contribution in [0.5, 0.6) is 0 Å². The molecule has 0 spiro atoms. The molecule has 0 aromatic carbocycles. The van der Waals surface area contributed by atoms with Crippen molar-refractivity contribution >= 4 is 47.9 Å². The summed E-state index contributed by atoms with van der Waals surface area (Å²) in [5, 5.41) is 0. The van der Waals surface area contributed by atoms with Crippen LogP contribution in [0.4, 0.5) is 0 Å². The van der Waals surface area contributed by atoms with Crippen LogP contribution in [-0.2, 0) is 9.84 Å². The van der Waals surface area contributed by atoms with Gasteiger partial charge in [0.1, 0.15) is 8.07 Å². The number of thiophene rings is 1. The molecule has 0 radical (unpaired) electrons. The summed E-state index contributed by atoms with van der Waals surface area (Å²) in [5.41, 5.74) is 0. The lowest BCUT2D eigenvalue weighted by Crippen LogP contribution is -2.46. The first-order valence-corrected chi connectivity index (χ1v) is 38.2. The second kappa shape index (κ2) is 35.0. The molecule has 2 nitrogen and oxygen atoms in total. The molecule has 0 fully saturated rings. The SMILES string of the molecule is O=S1(=O)C2=Cc3sc(cc31)[Si]13CCCCCCCCCCCCCCCCCC[Si]2(CCCCCCCCCCCCCCCCCC1)CCCCCCCCCCCCCCCCCC3. The zero-order valence-electron chi connectivity index (χ0n) is 44.0. The minimum absolute atomic E-state index is 0.799. The van der Waals surface area contributed by atoms with Gasteiger partial charge in [-0.15, -0.1) is 11.3 Å². The molecule has 0 saturated heterocycles. The summed E-state index contributed by atoms with van der Waals surface area (Å²) in [6.45, 7) is 0. The van der Waals surface area contributed by atoms with Crippen LogP contribution >= 0.6 is 11.3 Å². The van der Waals surface area contributed by atoms with Crippen molar-refractivity contribution in [3.8, 4) is 0 Å². The lowest BCUT2D eigenvalue weighted by molar-refractivity contribution is 0.528. The zero-order valence-corrected chi connectivity index (χ0v) is 47.6. The monoisotopic (exact) mass is 983 g/mol. The number of rotatable bonds is 0. The van der Waals surface area contributed by atoms with Gasteiger partial charge >= 0.3 is 0 Å². The first-order valence-electron chi connectivity index (χ1n) is 30.7. The molecule has 7 aliphatic rings. The number of hydrogen-bond donors (Lipinski definition) is 0. The molecule has 1 aromatic heterocycles. The van der Waals surface area contributed by atoms with Crippen LogP contribution in [0.3, 0.4) is 0 Å². The van der Waals surface area contributed by atoms with Crippen molar-refractivity contribution in [3.63, 3.8) is 0 Å². The topological polar surface area (TPSA) is 34.1 Å². The molecule has 6 heteroatoms. The van der Waals surface area contributed by atoms with Crippen molar-refractivity contribution < 1.29 is 8.42 Å². The van der Waals surface area contributed by atoms with E-state index in [-0.39, 0.29) is 0 Å². The standard InChI is InChI=1S/C60H110O2S2Si2/c61-64(62)58-56-59-63-57(58)55-60(64)66-52-46-40-34-28-22-16-10-4-1-7-13-19-25-31-37-43-49-65(59,50-44-38-32-26-20-14-8-2-5-11-17-23-29-35-41-47-53-66)51-45-39-33-27-21-15-9-3-6-12-18-24-30-36-42-48-54-66/h55-56H,1-54H2. The number of hydrogen-bond acceptors (Lipinski definition) is 3. The molecule has 8 rings (SSSR count). The van der Waals surface area contributed by atoms with Crippen LogP contribution in [0, 0.1) is 0 Å². The molecule has 1 aromatic rings. The highest BCUT2D eigenvalue weighted by Crippen LogP contribution is 2.48. The molecule has 382 valence electrons. The molecule has 7 aliphatic heterocycles. The smallest absolute Gasteiger partial charge is 0.200 e. The van der Waals surface area contributed by atoms with Crippen LogP contribution in [0.1, 0.15) is 313 Å². The van der Waals surface area contributed by atoms with Crippen LogP contribution in [0.15, 0.2) is 15.5 Å². The fourth-order valence-electron chi connectivity index (χ4n) is 13.4. The third-order valence-electron chi connectivity index (χ3n) is 17.8. The Labute approximate surface area is 418 Å². The van der Waals surface area contributed by atoms with Gasteiger partial charge in [-0.3, -0.25) is 0 Å². The minimum atomic E-state index is -3.45. The van der Waals surface area contributed by atoms with E-state index in [1.165, 1.54) is 349 Å². The first kappa shape index (κ1) is 56.7. The van der Waals surface area contributed by atoms with Gasteiger partial charge in [0, 0.05) is 9.41 Å². The molecule has 0 saturated carbocycles. The number of sulfone groups is 1. The summed E-state index contributed by atoms with van der Waals surface area (Å²) in [6, 6.07) is 10.3. The van der Waals surface area contributed by atoms with E-state index in [4.69, 9.17) is 0 Å². The Hall–Kier alpha value is -0.176. The van der Waals surface area contributed by atoms with E-state index in [2.05, 4.69) is 12.1 Å². The van der Waals surface area contributed by atoms with Crippen molar-refractivity contribution in [2.24, 2.45) is 0 Å². The average molecular weight is 984 g/mol. The molecule has 0 aliphatic carbocycles. The minimum Gasteiger partial charge on any atom is -0.219 e. The summed E-state index contributed by atoms with van der Waals surface area (Å²) in [5.74, 6) is 0. The molecular formula is C60H110O2S2Si2. The lowest BCUT2D eigenvalue weighted by Gasteiger charge is -2.34. The largest absolute Gasteiger partial charge is 0.219 e. The second-order valence-electron chi connectivity index (χ2n) is 23.4. The first-order chi connectivity index (χ1) is 32.6. The fourth-order valence-corrected chi connectivity index (χ4v) is 31.2. The van der Waals surface area contributed by atoms with Crippen molar-refractivity contribution in [3.05, 3.63) is 15.5 Å². The van der Waals surface area contributed by atoms with E-state index < -0.39 is 26.0 Å². The van der Waals surface area contributed by atoms with Crippen molar-refractivity contribution in [2.45, 2.75) is 349 Å². The summed E-state index contributed by atoms with van der Waals surface area (Å²) in [6.07, 6.45) is 69.4. The second-order valence-corrected chi connectivity index (χ2v) is 36.3. The third kappa shape index (κ3) is 21.3. The summed E-state index contributed by atoms with van der Waals surface area (Å²) in [7, 11) is -7.63. The molecule has 0 unspecified atom stereocenters. The normalized spacial score (nSPS) is 28.8. The Morgan fingerprint density at radius 1 is 0.288 bits per heavy atom. The quantitative estimate of drug-likeness (QED) is 0.243. The maximum atomic E-state index is 15.6. The molecule has 66 heavy (non-hydrogen) atoms. The van der Waals surface area contributed by atoms with Crippen molar-refractivity contribution in [1.82, 2.24) is 0 Å². The molecular weight excluding hydrogens is 873 g/mol. The fraction of sp³-hybridized carbons (Fsp3) is 0.900. The Morgan fingerprint density at radius 2 is 0.485 bits per heavy atom. The Bertz CT molecular complexity index is 1400. The zero-order chi connectivity index (χ0) is 46.1. The van der Waals surface area contributed by atoms with Gasteiger partial charge in [0.2, 0.25) is 0 Å². The van der Waals surface area contributed by atoms with Gasteiger partial charge < -0.3 is 0 Å². The van der Waals surface area contributed by atoms with E-state index in [1.807, 2.05) is 11.3 Å². The van der Waals surface area contributed by atoms with Gasteiger partial charge in [-0.25, -0.2) is 8.42 Å². The lowest BCUT2D eigenvalue weighted by atomic mass is 10.0. The highest BCUT2D eigenvalue weighted by molar-refractivity contribution is 7.98. The number of fused-ring (bicyclic) bond motifs is 51. The van der Waals surface area contributed by atoms with E-state index in [0.717, 1.165) is 9.42 Å². The maximum absolute atomic E-state index is 15.6. The van der Waals surface area contributed by atoms with E-state index >= 15 is 8.42 Å². The summed E-state index contributed by atoms with van der Waals surface area (Å²) < 4.78 is 33.8. The predicted octanol–water partition coefficient (Wildman–Crippen LogP) is 21.3. The maximum Gasteiger partial charge on any atom is 0.200 e. The Morgan fingerprint density at radius 3 is 0.697 bits per heavy atom. The highest BCUT2D eigenvalue weighted by Gasteiger charge is 2.48. The van der Waals surface area contributed by atoms with Crippen LogP contribution in [0.25, 0.3) is 6.08 Å². The van der Waals surface area contributed by atoms with E-state index in [9.17, 15) is 0 Å². The van der Waals surface area contributed by atoms with E-state index in [0.29, 0.717) is 0 Å². The van der Waals surface area contributed by atoms with Crippen LogP contribution in [-0.4, -0.2) is 24.6 Å². The summed E-state index contributed by atoms with van der Waals surface area (Å²) in [4.78, 5) is 1.99. The Balaban J connectivity index is 1.49. The van der Waals surface area contributed by atoms with Crippen LogP contribution < -0.4 is 4.50 Å². The van der Waals surface area contributed by atoms with Gasteiger partial charge in [-0.05, 0) is 16.6 Å². The highest BCUT2D eigenvalue weighted by atomic mass is 32.2. The van der Waals surface area contributed by atoms with Gasteiger partial charge in [0.15, 0.2) is 9.84 Å². The van der Waals surface area contributed by atoms with Gasteiger partial charge in [-0.2, -0.15) is 0 Å². The van der Waals surface area contributed by atoms with Crippen LogP contribution in [0.2, 0.25) is 36.3 Å². The van der Waals surface area contributed by atoms with E-state index in [1.54, 1.807) is 4.50 Å². The molecule has 0 amide bonds. The van der Waals surface area contributed by atoms with Crippen molar-refractivity contribution in [2.75, 3.05) is 0 Å². The Kier molecular flexibility index (Phi) is 30.1. The van der Waals surface area contributed by atoms with Gasteiger partial charge in [0.25, 0.3) is 0 Å². The predicted molar refractivity (Wildman–Crippen MR) is 301 cm³/mol. The molecule has 8 heterocycles. The van der Waals surface area contributed by atoms with Crippen molar-refractivity contribution in [1.29, 1.82) is 0 Å². The molecule has 6 bridgehead atoms. The molecule has 0 atom stereocenters.